The van der Waals surface area contributed by atoms with Gasteiger partial charge in [0, 0.05) is 18.7 Å². The van der Waals surface area contributed by atoms with Crippen LogP contribution in [0.25, 0.3) is 0 Å². The monoisotopic (exact) mass is 279 g/mol. The molecule has 1 amide bonds. The van der Waals surface area contributed by atoms with Crippen molar-refractivity contribution in [2.45, 2.75) is 46.3 Å². The fraction of sp³-hybridized carbons (Fsp3) is 0.562. The van der Waals surface area contributed by atoms with E-state index in [1.165, 1.54) is 0 Å². The molecule has 0 saturated carbocycles. The predicted octanol–water partition coefficient (Wildman–Crippen LogP) is 2.71. The summed E-state index contributed by atoms with van der Waals surface area (Å²) in [6.45, 7) is 10.1. The summed E-state index contributed by atoms with van der Waals surface area (Å²) in [6.07, 6.45) is 0.110. The molecular weight excluding hydrogens is 254 g/mol. The number of nitrogens with zero attached hydrogens (tertiary/aromatic N) is 1. The zero-order valence-corrected chi connectivity index (χ0v) is 13.0. The number of carbonyl (C=O) groups excluding carboxylic acids is 1. The average Bonchev–Trinajstić information content (AvgIpc) is 2.34. The van der Waals surface area contributed by atoms with Gasteiger partial charge in [0.05, 0.1) is 11.7 Å². The fourth-order valence-electron chi connectivity index (χ4n) is 1.93. The number of aliphatic hydroxyl groups is 1. The van der Waals surface area contributed by atoms with Gasteiger partial charge in [-0.15, -0.1) is 0 Å². The van der Waals surface area contributed by atoms with Crippen molar-refractivity contribution in [1.29, 1.82) is 0 Å². The SMILES string of the molecule is CCN(CC(C)(C)O)C(=O)c1ccc(OC(C)C)cc1. The molecule has 4 nitrogen and oxygen atoms in total. The number of amides is 1. The molecule has 0 fully saturated rings. The highest BCUT2D eigenvalue weighted by Crippen LogP contribution is 2.16. The Morgan fingerprint density at radius 2 is 1.85 bits per heavy atom. The molecule has 0 aliphatic carbocycles. The molecule has 20 heavy (non-hydrogen) atoms. The molecule has 0 spiro atoms. The highest BCUT2D eigenvalue weighted by Gasteiger charge is 2.22. The summed E-state index contributed by atoms with van der Waals surface area (Å²) in [6, 6.07) is 7.11. The van der Waals surface area contributed by atoms with Crippen molar-refractivity contribution in [2.24, 2.45) is 0 Å². The van der Waals surface area contributed by atoms with Crippen LogP contribution in [0.3, 0.4) is 0 Å². The van der Waals surface area contributed by atoms with E-state index in [0.29, 0.717) is 18.7 Å². The van der Waals surface area contributed by atoms with Crippen molar-refractivity contribution in [1.82, 2.24) is 4.90 Å². The number of hydrogen-bond acceptors (Lipinski definition) is 3. The lowest BCUT2D eigenvalue weighted by molar-refractivity contribution is 0.0314. The van der Waals surface area contributed by atoms with E-state index in [1.807, 2.05) is 20.8 Å². The quantitative estimate of drug-likeness (QED) is 0.871. The maximum Gasteiger partial charge on any atom is 0.253 e. The fourth-order valence-corrected chi connectivity index (χ4v) is 1.93. The second-order valence-corrected chi connectivity index (χ2v) is 5.82. The van der Waals surface area contributed by atoms with Crippen LogP contribution in [0.15, 0.2) is 24.3 Å². The van der Waals surface area contributed by atoms with Crippen LogP contribution in [0, 0.1) is 0 Å². The normalized spacial score (nSPS) is 11.6. The molecule has 0 heterocycles. The maximum absolute atomic E-state index is 12.4. The van der Waals surface area contributed by atoms with Crippen LogP contribution in [-0.2, 0) is 0 Å². The highest BCUT2D eigenvalue weighted by atomic mass is 16.5. The Hall–Kier alpha value is -1.55. The van der Waals surface area contributed by atoms with Gasteiger partial charge < -0.3 is 14.7 Å². The molecule has 4 heteroatoms. The van der Waals surface area contributed by atoms with Gasteiger partial charge in [-0.1, -0.05) is 0 Å². The Labute approximate surface area is 121 Å². The summed E-state index contributed by atoms with van der Waals surface area (Å²) >= 11 is 0. The van der Waals surface area contributed by atoms with E-state index in [4.69, 9.17) is 4.74 Å². The number of benzene rings is 1. The van der Waals surface area contributed by atoms with Crippen molar-refractivity contribution >= 4 is 5.91 Å². The van der Waals surface area contributed by atoms with E-state index in [2.05, 4.69) is 0 Å². The maximum atomic E-state index is 12.4. The molecule has 0 saturated heterocycles. The first kappa shape index (κ1) is 16.5. The average molecular weight is 279 g/mol. The first-order chi connectivity index (χ1) is 9.23. The molecule has 1 N–H and O–H groups in total. The lowest BCUT2D eigenvalue weighted by Gasteiger charge is -2.28. The Morgan fingerprint density at radius 3 is 2.25 bits per heavy atom. The van der Waals surface area contributed by atoms with Crippen LogP contribution in [0.5, 0.6) is 5.75 Å². The number of carbonyl (C=O) groups is 1. The van der Waals surface area contributed by atoms with Crippen molar-refractivity contribution in [3.05, 3.63) is 29.8 Å². The van der Waals surface area contributed by atoms with Crippen molar-refractivity contribution in [3.63, 3.8) is 0 Å². The van der Waals surface area contributed by atoms with Gasteiger partial charge in [0.2, 0.25) is 0 Å². The van der Waals surface area contributed by atoms with Gasteiger partial charge in [0.15, 0.2) is 0 Å². The molecule has 0 unspecified atom stereocenters. The van der Waals surface area contributed by atoms with E-state index in [-0.39, 0.29) is 12.0 Å². The molecule has 1 aromatic carbocycles. The molecule has 0 aliphatic rings. The number of hydrogen-bond donors (Lipinski definition) is 1. The summed E-state index contributed by atoms with van der Waals surface area (Å²) in [7, 11) is 0. The number of rotatable bonds is 6. The van der Waals surface area contributed by atoms with Gasteiger partial charge in [-0.3, -0.25) is 4.79 Å². The Morgan fingerprint density at radius 1 is 1.30 bits per heavy atom. The standard InChI is InChI=1S/C16H25NO3/c1-6-17(11-16(4,5)19)15(18)13-7-9-14(10-8-13)20-12(2)3/h7-10,12,19H,6,11H2,1-5H3. The van der Waals surface area contributed by atoms with Gasteiger partial charge in [0.1, 0.15) is 5.75 Å². The van der Waals surface area contributed by atoms with Crippen LogP contribution >= 0.6 is 0 Å². The van der Waals surface area contributed by atoms with Crippen molar-refractivity contribution in [3.8, 4) is 5.75 Å². The summed E-state index contributed by atoms with van der Waals surface area (Å²) in [5.74, 6) is 0.674. The lowest BCUT2D eigenvalue weighted by Crippen LogP contribution is -2.42. The number of ether oxygens (including phenoxy) is 1. The van der Waals surface area contributed by atoms with Crippen LogP contribution in [0.2, 0.25) is 0 Å². The third-order valence-corrected chi connectivity index (χ3v) is 2.72. The minimum atomic E-state index is -0.896. The van der Waals surface area contributed by atoms with Gasteiger partial charge in [-0.2, -0.15) is 0 Å². The number of likely N-dealkylation sites (N-methyl/N-ethyl adjacent to an activating group) is 1. The van der Waals surface area contributed by atoms with E-state index < -0.39 is 5.60 Å². The smallest absolute Gasteiger partial charge is 0.253 e. The van der Waals surface area contributed by atoms with Crippen LogP contribution < -0.4 is 4.74 Å². The Bertz CT molecular complexity index is 432. The minimum Gasteiger partial charge on any atom is -0.491 e. The van der Waals surface area contributed by atoms with E-state index in [0.717, 1.165) is 5.75 Å². The first-order valence-corrected chi connectivity index (χ1v) is 7.01. The predicted molar refractivity (Wildman–Crippen MR) is 80.1 cm³/mol. The highest BCUT2D eigenvalue weighted by molar-refractivity contribution is 5.94. The molecule has 0 aromatic heterocycles. The molecule has 112 valence electrons. The van der Waals surface area contributed by atoms with Gasteiger partial charge in [0.25, 0.3) is 5.91 Å². The van der Waals surface area contributed by atoms with E-state index in [1.54, 1.807) is 43.0 Å². The first-order valence-electron chi connectivity index (χ1n) is 7.01. The summed E-state index contributed by atoms with van der Waals surface area (Å²) < 4.78 is 5.55. The van der Waals surface area contributed by atoms with Gasteiger partial charge >= 0.3 is 0 Å². The summed E-state index contributed by atoms with van der Waals surface area (Å²) in [4.78, 5) is 14.0. The molecule has 0 aliphatic heterocycles. The Balaban J connectivity index is 2.80. The largest absolute Gasteiger partial charge is 0.491 e. The molecule has 0 radical (unpaired) electrons. The summed E-state index contributed by atoms with van der Waals surface area (Å²) in [5, 5.41) is 9.84. The second kappa shape index (κ2) is 6.75. The molecule has 1 aromatic rings. The van der Waals surface area contributed by atoms with Gasteiger partial charge in [-0.05, 0) is 58.9 Å². The second-order valence-electron chi connectivity index (χ2n) is 5.82. The van der Waals surface area contributed by atoms with Crippen LogP contribution in [0.4, 0.5) is 0 Å². The zero-order chi connectivity index (χ0) is 15.3. The van der Waals surface area contributed by atoms with Crippen LogP contribution in [-0.4, -0.2) is 40.7 Å². The van der Waals surface area contributed by atoms with E-state index in [9.17, 15) is 9.90 Å². The minimum absolute atomic E-state index is 0.0780. The topological polar surface area (TPSA) is 49.8 Å². The molecule has 0 atom stereocenters. The lowest BCUT2D eigenvalue weighted by atomic mass is 10.1. The third-order valence-electron chi connectivity index (χ3n) is 2.72. The summed E-state index contributed by atoms with van der Waals surface area (Å²) in [5.41, 5.74) is -0.293. The Kier molecular flexibility index (Phi) is 5.57. The van der Waals surface area contributed by atoms with Crippen molar-refractivity contribution in [2.75, 3.05) is 13.1 Å². The molecule has 0 bridgehead atoms. The van der Waals surface area contributed by atoms with Crippen LogP contribution in [0.1, 0.15) is 45.0 Å². The van der Waals surface area contributed by atoms with Gasteiger partial charge in [-0.25, -0.2) is 0 Å². The van der Waals surface area contributed by atoms with E-state index >= 15 is 0 Å². The molecular formula is C16H25NO3. The zero-order valence-electron chi connectivity index (χ0n) is 13.0. The molecule has 1 rings (SSSR count). The third kappa shape index (κ3) is 5.21. The van der Waals surface area contributed by atoms with Crippen molar-refractivity contribution < 1.29 is 14.6 Å².